The van der Waals surface area contributed by atoms with Gasteiger partial charge in [0.2, 0.25) is 0 Å². The molecular weight excluding hydrogens is 170 g/mol. The predicted octanol–water partition coefficient (Wildman–Crippen LogP) is 2.98. The number of nitrogens with one attached hydrogen (secondary N) is 1. The molecule has 0 heterocycles. The molecule has 0 unspecified atom stereocenters. The van der Waals surface area contributed by atoms with Crippen molar-refractivity contribution in [2.75, 3.05) is 5.32 Å². The lowest BCUT2D eigenvalue weighted by Gasteiger charge is -2.00. The molecule has 0 saturated carbocycles. The van der Waals surface area contributed by atoms with Crippen LogP contribution in [-0.2, 0) is 6.42 Å². The van der Waals surface area contributed by atoms with E-state index in [-0.39, 0.29) is 0 Å². The molecule has 63 valence electrons. The molecule has 3 heteroatoms. The van der Waals surface area contributed by atoms with Crippen molar-refractivity contribution in [2.45, 2.75) is 13.3 Å². The van der Waals surface area contributed by atoms with E-state index in [0.29, 0.717) is 0 Å². The molecule has 0 atom stereocenters. The number of hydrogen-bond acceptors (Lipinski definition) is 1. The summed E-state index contributed by atoms with van der Waals surface area (Å²) in [6.07, 6.45) is 1.00. The maximum atomic E-state index is 10.5. The van der Waals surface area contributed by atoms with E-state index in [1.54, 1.807) is 0 Å². The highest BCUT2D eigenvalue weighted by Crippen LogP contribution is 2.10. The lowest BCUT2D eigenvalue weighted by atomic mass is 10.1. The summed E-state index contributed by atoms with van der Waals surface area (Å²) in [5.74, 6) is 0. The van der Waals surface area contributed by atoms with E-state index in [2.05, 4.69) is 24.9 Å². The van der Waals surface area contributed by atoms with Crippen LogP contribution in [0.15, 0.2) is 24.3 Å². The van der Waals surface area contributed by atoms with Gasteiger partial charge >= 0.3 is 5.24 Å². The number of carbonyl (C=O) groups excluding carboxylic acids is 1. The highest BCUT2D eigenvalue weighted by molar-refractivity contribution is 7.96. The zero-order chi connectivity index (χ0) is 8.97. The molecule has 0 bridgehead atoms. The lowest BCUT2D eigenvalue weighted by molar-refractivity contribution is 0.270. The van der Waals surface area contributed by atoms with Crippen molar-refractivity contribution in [3.8, 4) is 0 Å². The second-order valence-electron chi connectivity index (χ2n) is 2.46. The minimum atomic E-state index is -0.445. The lowest BCUT2D eigenvalue weighted by Crippen LogP contribution is -2.00. The molecule has 0 aliphatic rings. The molecule has 0 saturated heterocycles. The van der Waals surface area contributed by atoms with Crippen LogP contribution in [0.5, 0.6) is 0 Å². The van der Waals surface area contributed by atoms with Gasteiger partial charge in [-0.15, -0.1) is 0 Å². The number of anilines is 1. The molecule has 2 nitrogen and oxygen atoms in total. The SMILES string of the molecule is CCc1ccc(NC(=O)[S])cc1. The van der Waals surface area contributed by atoms with E-state index >= 15 is 0 Å². The molecule has 0 aromatic heterocycles. The third-order valence-electron chi connectivity index (χ3n) is 1.61. The fourth-order valence-corrected chi connectivity index (χ4v) is 1.06. The Labute approximate surface area is 77.4 Å². The van der Waals surface area contributed by atoms with Crippen LogP contribution >= 0.6 is 12.6 Å². The molecule has 12 heavy (non-hydrogen) atoms. The van der Waals surface area contributed by atoms with Gasteiger partial charge in [0.1, 0.15) is 0 Å². The predicted molar refractivity (Wildman–Crippen MR) is 52.4 cm³/mol. The van der Waals surface area contributed by atoms with Crippen molar-refractivity contribution in [2.24, 2.45) is 0 Å². The second-order valence-corrected chi connectivity index (χ2v) is 2.83. The van der Waals surface area contributed by atoms with Crippen molar-refractivity contribution in [3.63, 3.8) is 0 Å². The summed E-state index contributed by atoms with van der Waals surface area (Å²) in [7, 11) is 0. The van der Waals surface area contributed by atoms with Crippen LogP contribution in [0.3, 0.4) is 0 Å². The van der Waals surface area contributed by atoms with Crippen LogP contribution in [0.1, 0.15) is 12.5 Å². The Morgan fingerprint density at radius 3 is 2.42 bits per heavy atom. The zero-order valence-electron chi connectivity index (χ0n) is 6.83. The van der Waals surface area contributed by atoms with E-state index in [0.717, 1.165) is 12.1 Å². The van der Waals surface area contributed by atoms with Gasteiger partial charge in [0.05, 0.1) is 0 Å². The summed E-state index contributed by atoms with van der Waals surface area (Å²) in [6.45, 7) is 2.08. The van der Waals surface area contributed by atoms with E-state index in [9.17, 15) is 4.79 Å². The first-order valence-corrected chi connectivity index (χ1v) is 4.20. The van der Waals surface area contributed by atoms with Crippen molar-refractivity contribution in [1.82, 2.24) is 0 Å². The van der Waals surface area contributed by atoms with Gasteiger partial charge in [-0.3, -0.25) is 4.79 Å². The summed E-state index contributed by atoms with van der Waals surface area (Å²) >= 11 is 4.37. The number of rotatable bonds is 2. The Balaban J connectivity index is 2.71. The van der Waals surface area contributed by atoms with Gasteiger partial charge < -0.3 is 5.32 Å². The molecule has 1 amide bonds. The van der Waals surface area contributed by atoms with Gasteiger partial charge in [-0.25, -0.2) is 0 Å². The highest BCUT2D eigenvalue weighted by Gasteiger charge is 1.95. The van der Waals surface area contributed by atoms with Crippen LogP contribution in [0, 0.1) is 0 Å². The maximum absolute atomic E-state index is 10.5. The largest absolute Gasteiger partial charge is 0.314 e. The molecule has 1 aromatic rings. The molecule has 1 aromatic carbocycles. The zero-order valence-corrected chi connectivity index (χ0v) is 7.65. The number of hydrogen-bond donors (Lipinski definition) is 1. The van der Waals surface area contributed by atoms with Crippen LogP contribution in [0.2, 0.25) is 0 Å². The minimum absolute atomic E-state index is 0.445. The third-order valence-corrected chi connectivity index (χ3v) is 1.71. The van der Waals surface area contributed by atoms with Crippen LogP contribution < -0.4 is 5.32 Å². The molecule has 0 fully saturated rings. The fraction of sp³-hybridized carbons (Fsp3) is 0.222. The van der Waals surface area contributed by atoms with Crippen molar-refractivity contribution < 1.29 is 4.79 Å². The monoisotopic (exact) mass is 180 g/mol. The van der Waals surface area contributed by atoms with Crippen molar-refractivity contribution in [1.29, 1.82) is 0 Å². The normalized spacial score (nSPS) is 9.42. The first-order chi connectivity index (χ1) is 5.72. The van der Waals surface area contributed by atoms with Gasteiger partial charge in [0.25, 0.3) is 0 Å². The third kappa shape index (κ3) is 2.51. The maximum Gasteiger partial charge on any atom is 0.314 e. The average Bonchev–Trinajstić information content (AvgIpc) is 2.05. The summed E-state index contributed by atoms with van der Waals surface area (Å²) in [4.78, 5) is 10.5. The molecule has 1 radical (unpaired) electrons. The average molecular weight is 180 g/mol. The van der Waals surface area contributed by atoms with E-state index in [4.69, 9.17) is 0 Å². The standard InChI is InChI=1S/C9H10NOS/c1-2-7-3-5-8(6-4-7)10-9(11)12/h3-6H,2H2,1H3,(H,10,11). The summed E-state index contributed by atoms with van der Waals surface area (Å²) in [6, 6.07) is 7.65. The fourth-order valence-electron chi connectivity index (χ4n) is 0.942. The first kappa shape index (κ1) is 9.00. The van der Waals surface area contributed by atoms with E-state index < -0.39 is 5.24 Å². The Morgan fingerprint density at radius 1 is 1.42 bits per heavy atom. The van der Waals surface area contributed by atoms with Crippen LogP contribution in [-0.4, -0.2) is 5.24 Å². The number of carbonyl (C=O) groups is 1. The molecule has 1 N–H and O–H groups in total. The quantitative estimate of drug-likeness (QED) is 0.744. The van der Waals surface area contributed by atoms with Gasteiger partial charge in [-0.2, -0.15) is 0 Å². The molecular formula is C9H10NOS. The van der Waals surface area contributed by atoms with Crippen molar-refractivity contribution in [3.05, 3.63) is 29.8 Å². The van der Waals surface area contributed by atoms with Crippen LogP contribution in [0.4, 0.5) is 10.5 Å². The number of aryl methyl sites for hydroxylation is 1. The summed E-state index contributed by atoms with van der Waals surface area (Å²) in [5.41, 5.74) is 2.00. The van der Waals surface area contributed by atoms with Gasteiger partial charge in [-0.1, -0.05) is 19.1 Å². The summed E-state index contributed by atoms with van der Waals surface area (Å²) < 4.78 is 0. The Hall–Kier alpha value is -1.09. The van der Waals surface area contributed by atoms with Gasteiger partial charge in [0, 0.05) is 5.69 Å². The topological polar surface area (TPSA) is 29.1 Å². The number of amides is 1. The van der Waals surface area contributed by atoms with Crippen molar-refractivity contribution >= 4 is 23.6 Å². The van der Waals surface area contributed by atoms with Crippen LogP contribution in [0.25, 0.3) is 0 Å². The Morgan fingerprint density at radius 2 is 2.00 bits per heavy atom. The second kappa shape index (κ2) is 4.07. The Bertz CT molecular complexity index is 268. The molecule has 1 rings (SSSR count). The van der Waals surface area contributed by atoms with E-state index in [1.807, 2.05) is 24.3 Å². The van der Waals surface area contributed by atoms with E-state index in [1.165, 1.54) is 5.56 Å². The van der Waals surface area contributed by atoms with Gasteiger partial charge in [-0.05, 0) is 36.7 Å². The first-order valence-electron chi connectivity index (χ1n) is 3.79. The minimum Gasteiger partial charge on any atom is -0.313 e. The summed E-state index contributed by atoms with van der Waals surface area (Å²) in [5, 5.41) is 2.09. The van der Waals surface area contributed by atoms with Gasteiger partial charge in [0.15, 0.2) is 0 Å². The molecule has 0 spiro atoms. The highest BCUT2D eigenvalue weighted by atomic mass is 32.1. The molecule has 0 aliphatic heterocycles. The Kier molecular flexibility index (Phi) is 3.05. The number of benzene rings is 1. The smallest absolute Gasteiger partial charge is 0.313 e. The molecule has 0 aliphatic carbocycles.